The summed E-state index contributed by atoms with van der Waals surface area (Å²) in [6.45, 7) is 3.07. The minimum Gasteiger partial charge on any atom is -0.457 e. The predicted octanol–water partition coefficient (Wildman–Crippen LogP) is 4.62. The molecule has 0 saturated carbocycles. The van der Waals surface area contributed by atoms with Crippen molar-refractivity contribution >= 4 is 15.9 Å². The fourth-order valence-corrected chi connectivity index (χ4v) is 3.52. The van der Waals surface area contributed by atoms with Crippen LogP contribution in [-0.2, 0) is 12.8 Å². The third kappa shape index (κ3) is 2.70. The van der Waals surface area contributed by atoms with E-state index in [1.54, 1.807) is 6.26 Å². The van der Waals surface area contributed by atoms with Crippen molar-refractivity contribution < 1.29 is 4.42 Å². The molecule has 1 atom stereocenters. The van der Waals surface area contributed by atoms with Gasteiger partial charge in [0.25, 0.3) is 0 Å². The molecule has 1 aliphatic rings. The highest BCUT2D eigenvalue weighted by Gasteiger charge is 2.19. The zero-order chi connectivity index (χ0) is 13.9. The van der Waals surface area contributed by atoms with Crippen molar-refractivity contribution in [3.63, 3.8) is 0 Å². The summed E-state index contributed by atoms with van der Waals surface area (Å²) in [5, 5.41) is 3.56. The van der Waals surface area contributed by atoms with Crippen molar-refractivity contribution in [1.29, 1.82) is 0 Å². The SMILES string of the molecule is CCNC(c1ccc2c(c1)CCCC2)c1ccoc1Br. The highest BCUT2D eigenvalue weighted by molar-refractivity contribution is 9.10. The number of nitrogens with one attached hydrogen (secondary N) is 1. The lowest BCUT2D eigenvalue weighted by Gasteiger charge is -2.22. The van der Waals surface area contributed by atoms with Crippen molar-refractivity contribution in [3.05, 3.63) is 57.5 Å². The molecule has 20 heavy (non-hydrogen) atoms. The first-order valence-electron chi connectivity index (χ1n) is 7.37. The Balaban J connectivity index is 1.97. The summed E-state index contributed by atoms with van der Waals surface area (Å²) in [5.41, 5.74) is 5.55. The van der Waals surface area contributed by atoms with Gasteiger partial charge in [-0.1, -0.05) is 25.1 Å². The third-order valence-electron chi connectivity index (χ3n) is 4.07. The second-order valence-electron chi connectivity index (χ2n) is 5.38. The quantitative estimate of drug-likeness (QED) is 0.883. The summed E-state index contributed by atoms with van der Waals surface area (Å²) >= 11 is 3.50. The number of benzene rings is 1. The van der Waals surface area contributed by atoms with Crippen LogP contribution < -0.4 is 5.32 Å². The Labute approximate surface area is 128 Å². The average molecular weight is 334 g/mol. The molecule has 0 fully saturated rings. The van der Waals surface area contributed by atoms with Gasteiger partial charge in [0.05, 0.1) is 12.3 Å². The van der Waals surface area contributed by atoms with E-state index >= 15 is 0 Å². The van der Waals surface area contributed by atoms with E-state index in [0.29, 0.717) is 0 Å². The number of furan rings is 1. The predicted molar refractivity (Wildman–Crippen MR) is 85.0 cm³/mol. The van der Waals surface area contributed by atoms with E-state index in [0.717, 1.165) is 11.2 Å². The first kappa shape index (κ1) is 13.9. The molecule has 1 N–H and O–H groups in total. The van der Waals surface area contributed by atoms with Gasteiger partial charge in [0, 0.05) is 5.56 Å². The molecule has 3 rings (SSSR count). The van der Waals surface area contributed by atoms with Gasteiger partial charge >= 0.3 is 0 Å². The maximum absolute atomic E-state index is 5.40. The van der Waals surface area contributed by atoms with Crippen LogP contribution in [0.15, 0.2) is 39.6 Å². The van der Waals surface area contributed by atoms with E-state index in [-0.39, 0.29) is 6.04 Å². The normalized spacial score (nSPS) is 15.9. The summed E-state index contributed by atoms with van der Waals surface area (Å²) in [6, 6.07) is 9.18. The molecule has 0 saturated heterocycles. The van der Waals surface area contributed by atoms with Crippen LogP contribution in [0.25, 0.3) is 0 Å². The number of hydrogen-bond donors (Lipinski definition) is 1. The lowest BCUT2D eigenvalue weighted by Crippen LogP contribution is -2.22. The van der Waals surface area contributed by atoms with Crippen molar-refractivity contribution in [2.45, 2.75) is 38.6 Å². The number of rotatable bonds is 4. The Hall–Kier alpha value is -1.06. The molecular weight excluding hydrogens is 314 g/mol. The van der Waals surface area contributed by atoms with Gasteiger partial charge in [-0.25, -0.2) is 0 Å². The van der Waals surface area contributed by atoms with Crippen LogP contribution in [0.3, 0.4) is 0 Å². The lowest BCUT2D eigenvalue weighted by atomic mass is 9.88. The topological polar surface area (TPSA) is 25.2 Å². The smallest absolute Gasteiger partial charge is 0.174 e. The number of hydrogen-bond acceptors (Lipinski definition) is 2. The van der Waals surface area contributed by atoms with Gasteiger partial charge in [0.2, 0.25) is 0 Å². The molecule has 0 amide bonds. The molecule has 3 heteroatoms. The zero-order valence-corrected chi connectivity index (χ0v) is 13.4. The number of fused-ring (bicyclic) bond motifs is 1. The standard InChI is InChI=1S/C17H20BrNO/c1-2-19-16(15-9-10-20-17(15)18)14-8-7-12-5-3-4-6-13(12)11-14/h7-11,16,19H,2-6H2,1H3. The summed E-state index contributed by atoms with van der Waals surface area (Å²) in [4.78, 5) is 0. The third-order valence-corrected chi connectivity index (χ3v) is 4.72. The molecule has 2 aromatic rings. The van der Waals surface area contributed by atoms with Crippen molar-refractivity contribution in [2.24, 2.45) is 0 Å². The van der Waals surface area contributed by atoms with E-state index in [2.05, 4.69) is 46.4 Å². The van der Waals surface area contributed by atoms with E-state index in [9.17, 15) is 0 Å². The molecule has 0 spiro atoms. The molecule has 2 nitrogen and oxygen atoms in total. The van der Waals surface area contributed by atoms with Crippen LogP contribution in [0.2, 0.25) is 0 Å². The maximum atomic E-state index is 5.40. The van der Waals surface area contributed by atoms with Crippen molar-refractivity contribution in [3.8, 4) is 0 Å². The summed E-state index contributed by atoms with van der Waals surface area (Å²) < 4.78 is 6.22. The minimum absolute atomic E-state index is 0.195. The molecular formula is C17H20BrNO. The molecule has 1 aromatic heterocycles. The van der Waals surface area contributed by atoms with E-state index < -0.39 is 0 Å². The van der Waals surface area contributed by atoms with Gasteiger partial charge in [0.1, 0.15) is 0 Å². The van der Waals surface area contributed by atoms with Gasteiger partial charge in [0.15, 0.2) is 4.67 Å². The molecule has 0 bridgehead atoms. The largest absolute Gasteiger partial charge is 0.457 e. The summed E-state index contributed by atoms with van der Waals surface area (Å²) in [5.74, 6) is 0. The highest BCUT2D eigenvalue weighted by Crippen LogP contribution is 2.32. The zero-order valence-electron chi connectivity index (χ0n) is 11.8. The van der Waals surface area contributed by atoms with Gasteiger partial charge < -0.3 is 9.73 Å². The first-order valence-corrected chi connectivity index (χ1v) is 8.17. The second-order valence-corrected chi connectivity index (χ2v) is 6.10. The Kier molecular flexibility index (Phi) is 4.27. The van der Waals surface area contributed by atoms with Crippen LogP contribution in [0.4, 0.5) is 0 Å². The van der Waals surface area contributed by atoms with Gasteiger partial charge in [-0.15, -0.1) is 0 Å². The van der Waals surface area contributed by atoms with Gasteiger partial charge in [-0.3, -0.25) is 0 Å². The fourth-order valence-electron chi connectivity index (χ4n) is 3.05. The Morgan fingerprint density at radius 2 is 2.00 bits per heavy atom. The summed E-state index contributed by atoms with van der Waals surface area (Å²) in [7, 11) is 0. The van der Waals surface area contributed by atoms with Gasteiger partial charge in [-0.2, -0.15) is 0 Å². The lowest BCUT2D eigenvalue weighted by molar-refractivity contribution is 0.526. The average Bonchev–Trinajstić information content (AvgIpc) is 2.90. The monoisotopic (exact) mass is 333 g/mol. The Bertz CT molecular complexity index is 590. The van der Waals surface area contributed by atoms with E-state index in [1.165, 1.54) is 47.9 Å². The van der Waals surface area contributed by atoms with Crippen LogP contribution in [0, 0.1) is 0 Å². The molecule has 1 heterocycles. The van der Waals surface area contributed by atoms with Crippen LogP contribution in [0.1, 0.15) is 48.1 Å². The first-order chi connectivity index (χ1) is 9.79. The number of aryl methyl sites for hydroxylation is 2. The molecule has 1 unspecified atom stereocenters. The van der Waals surface area contributed by atoms with Gasteiger partial charge in [-0.05, 0) is 70.9 Å². The Morgan fingerprint density at radius 1 is 1.20 bits per heavy atom. The van der Waals surface area contributed by atoms with Crippen molar-refractivity contribution in [1.82, 2.24) is 5.32 Å². The molecule has 0 aliphatic heterocycles. The second kappa shape index (κ2) is 6.15. The van der Waals surface area contributed by atoms with Crippen LogP contribution >= 0.6 is 15.9 Å². The van der Waals surface area contributed by atoms with E-state index in [4.69, 9.17) is 4.42 Å². The maximum Gasteiger partial charge on any atom is 0.174 e. The molecule has 1 aliphatic carbocycles. The van der Waals surface area contributed by atoms with Crippen molar-refractivity contribution in [2.75, 3.05) is 6.54 Å². The highest BCUT2D eigenvalue weighted by atomic mass is 79.9. The summed E-state index contributed by atoms with van der Waals surface area (Å²) in [6.07, 6.45) is 6.83. The fraction of sp³-hybridized carbons (Fsp3) is 0.412. The van der Waals surface area contributed by atoms with Crippen LogP contribution in [0.5, 0.6) is 0 Å². The minimum atomic E-state index is 0.195. The Morgan fingerprint density at radius 3 is 2.70 bits per heavy atom. The number of halogens is 1. The molecule has 1 aromatic carbocycles. The van der Waals surface area contributed by atoms with E-state index in [1.807, 2.05) is 6.07 Å². The molecule has 106 valence electrons. The molecule has 0 radical (unpaired) electrons. The van der Waals surface area contributed by atoms with Crippen LogP contribution in [-0.4, -0.2) is 6.54 Å².